The first-order chi connectivity index (χ1) is 8.94. The molecule has 0 unspecified atom stereocenters. The molecular weight excluding hydrogens is 241 g/mol. The molecule has 19 heavy (non-hydrogen) atoms. The highest BCUT2D eigenvalue weighted by molar-refractivity contribution is 5.21. The molecule has 0 amide bonds. The van der Waals surface area contributed by atoms with Gasteiger partial charge in [-0.25, -0.2) is 9.37 Å². The van der Waals surface area contributed by atoms with E-state index in [9.17, 15) is 4.39 Å². The second-order valence-electron chi connectivity index (χ2n) is 5.73. The lowest BCUT2D eigenvalue weighted by molar-refractivity contribution is 0.421. The van der Waals surface area contributed by atoms with Crippen LogP contribution in [-0.4, -0.2) is 15.5 Å². The molecule has 0 fully saturated rings. The highest BCUT2D eigenvalue weighted by Crippen LogP contribution is 2.11. The Hall–Kier alpha value is -1.68. The van der Waals surface area contributed by atoms with Gasteiger partial charge < -0.3 is 10.3 Å². The number of nitrogens with zero attached hydrogens (tertiary/aromatic N) is 1. The number of rotatable bonds is 4. The number of hydrogen-bond acceptors (Lipinski definition) is 2. The summed E-state index contributed by atoms with van der Waals surface area (Å²) in [6, 6.07) is 6.79. The lowest BCUT2D eigenvalue weighted by Crippen LogP contribution is -2.35. The molecule has 0 aliphatic carbocycles. The summed E-state index contributed by atoms with van der Waals surface area (Å²) in [7, 11) is 0. The van der Waals surface area contributed by atoms with Crippen LogP contribution in [0.3, 0.4) is 0 Å². The maximum atomic E-state index is 13.5. The average Bonchev–Trinajstić information content (AvgIpc) is 2.77. The van der Waals surface area contributed by atoms with E-state index in [2.05, 4.69) is 36.1 Å². The van der Waals surface area contributed by atoms with E-state index < -0.39 is 0 Å². The van der Waals surface area contributed by atoms with Crippen molar-refractivity contribution in [3.05, 3.63) is 53.4 Å². The van der Waals surface area contributed by atoms with Gasteiger partial charge in [-0.05, 0) is 32.4 Å². The van der Waals surface area contributed by atoms with Gasteiger partial charge in [-0.3, -0.25) is 0 Å². The minimum atomic E-state index is -0.187. The van der Waals surface area contributed by atoms with Crippen molar-refractivity contribution < 1.29 is 4.39 Å². The summed E-state index contributed by atoms with van der Waals surface area (Å²) in [5.74, 6) is 0.601. The third kappa shape index (κ3) is 4.17. The largest absolute Gasteiger partial charge is 0.345 e. The third-order valence-electron chi connectivity index (χ3n) is 2.81. The predicted molar refractivity (Wildman–Crippen MR) is 74.4 cm³/mol. The zero-order valence-electron chi connectivity index (χ0n) is 11.6. The van der Waals surface area contributed by atoms with E-state index in [1.54, 1.807) is 18.3 Å². The van der Waals surface area contributed by atoms with Crippen molar-refractivity contribution in [1.82, 2.24) is 15.3 Å². The number of nitrogens with one attached hydrogen (secondary N) is 2. The fourth-order valence-electron chi connectivity index (χ4n) is 1.77. The summed E-state index contributed by atoms with van der Waals surface area (Å²) < 4.78 is 13.5. The van der Waals surface area contributed by atoms with Crippen LogP contribution in [0.1, 0.15) is 37.9 Å². The fraction of sp³-hybridized carbons (Fsp3) is 0.400. The van der Waals surface area contributed by atoms with Crippen LogP contribution in [0, 0.1) is 5.82 Å². The number of halogens is 1. The molecule has 0 aliphatic rings. The molecule has 0 spiro atoms. The first kappa shape index (κ1) is 13.7. The summed E-state index contributed by atoms with van der Waals surface area (Å²) in [5, 5.41) is 3.38. The number of aromatic amines is 1. The van der Waals surface area contributed by atoms with E-state index in [1.165, 1.54) is 6.07 Å². The molecule has 0 saturated carbocycles. The minimum absolute atomic E-state index is 0.0663. The molecule has 0 atom stereocenters. The first-order valence-electron chi connectivity index (χ1n) is 6.45. The Bertz CT molecular complexity index is 540. The van der Waals surface area contributed by atoms with Crippen molar-refractivity contribution in [2.45, 2.75) is 39.3 Å². The normalized spacial score (nSPS) is 11.8. The monoisotopic (exact) mass is 261 g/mol. The van der Waals surface area contributed by atoms with E-state index in [4.69, 9.17) is 0 Å². The van der Waals surface area contributed by atoms with Gasteiger partial charge in [0.2, 0.25) is 0 Å². The Morgan fingerprint density at radius 1 is 1.26 bits per heavy atom. The molecule has 1 heterocycles. The van der Waals surface area contributed by atoms with Crippen LogP contribution < -0.4 is 5.32 Å². The third-order valence-corrected chi connectivity index (χ3v) is 2.81. The second-order valence-corrected chi connectivity index (χ2v) is 5.73. The summed E-state index contributed by atoms with van der Waals surface area (Å²) in [6.45, 7) is 7.07. The van der Waals surface area contributed by atoms with Crippen LogP contribution in [0.25, 0.3) is 0 Å². The Labute approximate surface area is 113 Å². The van der Waals surface area contributed by atoms with Crippen molar-refractivity contribution in [2.75, 3.05) is 0 Å². The lowest BCUT2D eigenvalue weighted by atomic mass is 10.1. The van der Waals surface area contributed by atoms with Crippen LogP contribution in [-0.2, 0) is 13.0 Å². The molecular formula is C15H20FN3. The number of benzene rings is 1. The van der Waals surface area contributed by atoms with Gasteiger partial charge in [0.1, 0.15) is 11.6 Å². The maximum Gasteiger partial charge on any atom is 0.126 e. The topological polar surface area (TPSA) is 40.7 Å². The minimum Gasteiger partial charge on any atom is -0.345 e. The number of imidazole rings is 1. The van der Waals surface area contributed by atoms with E-state index in [0.29, 0.717) is 12.0 Å². The van der Waals surface area contributed by atoms with Crippen LogP contribution in [0.5, 0.6) is 0 Å². The van der Waals surface area contributed by atoms with Gasteiger partial charge in [0.25, 0.3) is 0 Å². The molecule has 2 rings (SSSR count). The lowest BCUT2D eigenvalue weighted by Gasteiger charge is -2.19. The second kappa shape index (κ2) is 5.53. The van der Waals surface area contributed by atoms with Gasteiger partial charge in [-0.15, -0.1) is 0 Å². The highest BCUT2D eigenvalue weighted by atomic mass is 19.1. The van der Waals surface area contributed by atoms with Crippen molar-refractivity contribution in [3.63, 3.8) is 0 Å². The standard InChI is InChI=1S/C15H20FN3/c1-15(2,3)18-10-12-9-17-14(19-12)8-11-6-4-5-7-13(11)16/h4-7,9,18H,8,10H2,1-3H3,(H,17,19). The fourth-order valence-corrected chi connectivity index (χ4v) is 1.77. The van der Waals surface area contributed by atoms with Gasteiger partial charge >= 0.3 is 0 Å². The molecule has 102 valence electrons. The first-order valence-corrected chi connectivity index (χ1v) is 6.45. The molecule has 3 nitrogen and oxygen atoms in total. The molecule has 0 aliphatic heterocycles. The Balaban J connectivity index is 2.00. The Morgan fingerprint density at radius 3 is 2.68 bits per heavy atom. The molecule has 0 saturated heterocycles. The van der Waals surface area contributed by atoms with Gasteiger partial charge in [-0.2, -0.15) is 0 Å². The van der Waals surface area contributed by atoms with Gasteiger partial charge in [-0.1, -0.05) is 18.2 Å². The van der Waals surface area contributed by atoms with Crippen molar-refractivity contribution in [1.29, 1.82) is 0 Å². The van der Waals surface area contributed by atoms with Gasteiger partial charge in [0.15, 0.2) is 0 Å². The smallest absolute Gasteiger partial charge is 0.126 e. The highest BCUT2D eigenvalue weighted by Gasteiger charge is 2.10. The van der Waals surface area contributed by atoms with Gasteiger partial charge in [0.05, 0.1) is 0 Å². The van der Waals surface area contributed by atoms with Crippen LogP contribution in [0.2, 0.25) is 0 Å². The summed E-state index contributed by atoms with van der Waals surface area (Å²) in [6.07, 6.45) is 2.29. The number of H-pyrrole nitrogens is 1. The molecule has 2 aromatic rings. The summed E-state index contributed by atoms with van der Waals surface area (Å²) >= 11 is 0. The predicted octanol–water partition coefficient (Wildman–Crippen LogP) is 3.03. The van der Waals surface area contributed by atoms with Gasteiger partial charge in [0, 0.05) is 30.4 Å². The summed E-state index contributed by atoms with van der Waals surface area (Å²) in [5.41, 5.74) is 1.74. The zero-order valence-corrected chi connectivity index (χ0v) is 11.6. The molecule has 0 bridgehead atoms. The zero-order chi connectivity index (χ0) is 13.9. The molecule has 0 radical (unpaired) electrons. The number of hydrogen-bond donors (Lipinski definition) is 2. The Kier molecular flexibility index (Phi) is 4.00. The average molecular weight is 261 g/mol. The number of aromatic nitrogens is 2. The van der Waals surface area contributed by atoms with E-state index in [1.807, 2.05) is 6.07 Å². The Morgan fingerprint density at radius 2 is 2.00 bits per heavy atom. The van der Waals surface area contributed by atoms with Crippen LogP contribution >= 0.6 is 0 Å². The van der Waals surface area contributed by atoms with Crippen molar-refractivity contribution in [2.24, 2.45) is 0 Å². The van der Waals surface area contributed by atoms with E-state index in [0.717, 1.165) is 18.1 Å². The summed E-state index contributed by atoms with van der Waals surface area (Å²) in [4.78, 5) is 7.51. The van der Waals surface area contributed by atoms with Crippen molar-refractivity contribution in [3.8, 4) is 0 Å². The van der Waals surface area contributed by atoms with Crippen LogP contribution in [0.15, 0.2) is 30.5 Å². The molecule has 4 heteroatoms. The quantitative estimate of drug-likeness (QED) is 0.888. The van der Waals surface area contributed by atoms with E-state index in [-0.39, 0.29) is 11.4 Å². The molecule has 2 N–H and O–H groups in total. The molecule has 1 aromatic carbocycles. The van der Waals surface area contributed by atoms with Crippen LogP contribution in [0.4, 0.5) is 4.39 Å². The molecule has 1 aromatic heterocycles. The maximum absolute atomic E-state index is 13.5. The van der Waals surface area contributed by atoms with E-state index >= 15 is 0 Å². The SMILES string of the molecule is CC(C)(C)NCc1cnc(Cc2ccccc2F)[nH]1. The van der Waals surface area contributed by atoms with Crippen molar-refractivity contribution >= 4 is 0 Å².